The number of hydrogen-bond acceptors (Lipinski definition) is 2. The molecule has 0 fully saturated rings. The van der Waals surface area contributed by atoms with Gasteiger partial charge in [-0.05, 0) is 24.3 Å². The fourth-order valence-corrected chi connectivity index (χ4v) is 2.63. The van der Waals surface area contributed by atoms with Crippen LogP contribution >= 0.6 is 11.8 Å². The molecule has 0 amide bonds. The Morgan fingerprint density at radius 1 is 0.850 bits per heavy atom. The normalized spacial score (nSPS) is 12.4. The van der Waals surface area contributed by atoms with Crippen LogP contribution in [-0.4, -0.2) is 7.25 Å². The van der Waals surface area contributed by atoms with Crippen LogP contribution in [0.25, 0.3) is 0 Å². The first-order chi connectivity index (χ1) is 9.34. The molecule has 106 valence electrons. The zero-order chi connectivity index (χ0) is 14.8. The predicted octanol–water partition coefficient (Wildman–Crippen LogP) is 5.33. The van der Waals surface area contributed by atoms with Gasteiger partial charge in [0.2, 0.25) is 0 Å². The summed E-state index contributed by atoms with van der Waals surface area (Å²) in [6.07, 6.45) is 0. The van der Waals surface area contributed by atoms with Crippen molar-refractivity contribution in [1.29, 1.82) is 0 Å². The van der Waals surface area contributed by atoms with E-state index in [9.17, 15) is 21.7 Å². The third kappa shape index (κ3) is 3.90. The lowest BCUT2D eigenvalue weighted by Gasteiger charge is -2.20. The number of halogens is 5. The fourth-order valence-electron chi connectivity index (χ4n) is 1.62. The average Bonchev–Trinajstić information content (AvgIpc) is 2.35. The monoisotopic (exact) mass is 304 g/mol. The molecule has 8 heteroatoms. The lowest BCUT2D eigenvalue weighted by atomic mass is 10.2. The SMILES string of the molecule is F[B-](F)(F)F.Fc1cccc2c1Nc1ccccc1S2. The molecular weight excluding hydrogens is 296 g/mol. The van der Waals surface area contributed by atoms with E-state index in [1.165, 1.54) is 6.07 Å². The van der Waals surface area contributed by atoms with Gasteiger partial charge in [-0.2, -0.15) is 0 Å². The summed E-state index contributed by atoms with van der Waals surface area (Å²) >= 11 is 1.59. The second-order valence-electron chi connectivity index (χ2n) is 3.83. The Morgan fingerprint density at radius 3 is 2.15 bits per heavy atom. The Morgan fingerprint density at radius 2 is 1.45 bits per heavy atom. The largest absolute Gasteiger partial charge is 0.673 e. The maximum absolute atomic E-state index is 13.5. The summed E-state index contributed by atoms with van der Waals surface area (Å²) in [5, 5.41) is 3.11. The van der Waals surface area contributed by atoms with Gasteiger partial charge >= 0.3 is 7.25 Å². The Labute approximate surface area is 116 Å². The highest BCUT2D eigenvalue weighted by molar-refractivity contribution is 7.99. The van der Waals surface area contributed by atoms with Gasteiger partial charge in [-0.1, -0.05) is 30.0 Å². The van der Waals surface area contributed by atoms with Crippen LogP contribution in [0.1, 0.15) is 0 Å². The number of nitrogens with one attached hydrogen (secondary N) is 1. The smallest absolute Gasteiger partial charge is 0.418 e. The summed E-state index contributed by atoms with van der Waals surface area (Å²) in [7, 11) is -6.00. The van der Waals surface area contributed by atoms with Crippen molar-refractivity contribution in [2.75, 3.05) is 5.32 Å². The van der Waals surface area contributed by atoms with Crippen LogP contribution in [0.2, 0.25) is 0 Å². The van der Waals surface area contributed by atoms with Crippen molar-refractivity contribution in [3.05, 3.63) is 48.3 Å². The number of para-hydroxylation sites is 2. The standard InChI is InChI=1S/C12H8FNS.BF4/c13-8-4-3-7-11-12(8)14-9-5-1-2-6-10(9)15-11;2-1(3,4)5/h1-7,14H;/q;-1. The zero-order valence-electron chi connectivity index (χ0n) is 9.92. The Kier molecular flexibility index (Phi) is 4.22. The van der Waals surface area contributed by atoms with E-state index in [-0.39, 0.29) is 5.82 Å². The maximum Gasteiger partial charge on any atom is 0.673 e. The van der Waals surface area contributed by atoms with Crippen LogP contribution in [0.5, 0.6) is 0 Å². The van der Waals surface area contributed by atoms with Gasteiger partial charge in [0.05, 0.1) is 11.4 Å². The third-order valence-corrected chi connectivity index (χ3v) is 3.48. The molecule has 0 aromatic heterocycles. The zero-order valence-corrected chi connectivity index (χ0v) is 10.7. The van der Waals surface area contributed by atoms with E-state index in [0.29, 0.717) is 5.69 Å². The summed E-state index contributed by atoms with van der Waals surface area (Å²) in [6.45, 7) is 0. The van der Waals surface area contributed by atoms with E-state index in [0.717, 1.165) is 15.5 Å². The minimum atomic E-state index is -6.00. The van der Waals surface area contributed by atoms with Crippen LogP contribution in [0.4, 0.5) is 33.0 Å². The third-order valence-electron chi connectivity index (χ3n) is 2.34. The molecule has 0 aliphatic carbocycles. The van der Waals surface area contributed by atoms with Crippen molar-refractivity contribution < 1.29 is 21.7 Å². The summed E-state index contributed by atoms with van der Waals surface area (Å²) in [6, 6.07) is 13.0. The van der Waals surface area contributed by atoms with Gasteiger partial charge in [0.15, 0.2) is 0 Å². The Hall–Kier alpha value is -1.70. The van der Waals surface area contributed by atoms with Crippen molar-refractivity contribution in [2.24, 2.45) is 0 Å². The molecule has 0 bridgehead atoms. The quantitative estimate of drug-likeness (QED) is 0.445. The summed E-state index contributed by atoms with van der Waals surface area (Å²) in [4.78, 5) is 2.07. The van der Waals surface area contributed by atoms with Crippen LogP contribution in [-0.2, 0) is 0 Å². The average molecular weight is 304 g/mol. The molecule has 1 aliphatic rings. The molecule has 0 atom stereocenters. The van der Waals surface area contributed by atoms with E-state index < -0.39 is 7.25 Å². The summed E-state index contributed by atoms with van der Waals surface area (Å²) < 4.78 is 52.5. The minimum absolute atomic E-state index is 0.200. The molecule has 0 radical (unpaired) electrons. The van der Waals surface area contributed by atoms with Gasteiger partial charge in [0.1, 0.15) is 5.82 Å². The number of anilines is 2. The number of hydrogen-bond donors (Lipinski definition) is 1. The van der Waals surface area contributed by atoms with Crippen LogP contribution in [0, 0.1) is 5.82 Å². The predicted molar refractivity (Wildman–Crippen MR) is 70.4 cm³/mol. The molecular formula is C12H8BF5NS-. The molecule has 0 spiro atoms. The van der Waals surface area contributed by atoms with E-state index in [2.05, 4.69) is 5.32 Å². The van der Waals surface area contributed by atoms with Crippen molar-refractivity contribution >= 4 is 30.4 Å². The van der Waals surface area contributed by atoms with Crippen molar-refractivity contribution in [2.45, 2.75) is 9.79 Å². The molecule has 2 aromatic carbocycles. The van der Waals surface area contributed by atoms with Crippen LogP contribution in [0.15, 0.2) is 52.3 Å². The molecule has 0 saturated carbocycles. The lowest BCUT2D eigenvalue weighted by molar-refractivity contribution is 0.368. The van der Waals surface area contributed by atoms with Crippen molar-refractivity contribution in [3.63, 3.8) is 0 Å². The first-order valence-corrected chi connectivity index (χ1v) is 6.36. The van der Waals surface area contributed by atoms with Crippen molar-refractivity contribution in [3.8, 4) is 0 Å². The Bertz CT molecular complexity index is 611. The summed E-state index contributed by atoms with van der Waals surface area (Å²) in [5.41, 5.74) is 1.56. The highest BCUT2D eigenvalue weighted by Crippen LogP contribution is 2.44. The van der Waals surface area contributed by atoms with Gasteiger partial charge in [-0.3, -0.25) is 0 Å². The molecule has 1 N–H and O–H groups in total. The van der Waals surface area contributed by atoms with E-state index in [1.807, 2.05) is 30.3 Å². The second-order valence-corrected chi connectivity index (χ2v) is 4.91. The highest BCUT2D eigenvalue weighted by atomic mass is 32.2. The molecule has 0 saturated heterocycles. The Balaban J connectivity index is 0.000000257. The molecule has 1 nitrogen and oxygen atoms in total. The van der Waals surface area contributed by atoms with E-state index >= 15 is 0 Å². The van der Waals surface area contributed by atoms with Gasteiger partial charge < -0.3 is 22.6 Å². The fraction of sp³-hybridized carbons (Fsp3) is 0. The number of rotatable bonds is 0. The topological polar surface area (TPSA) is 12.0 Å². The van der Waals surface area contributed by atoms with Crippen LogP contribution < -0.4 is 5.32 Å². The van der Waals surface area contributed by atoms with E-state index in [1.54, 1.807) is 17.8 Å². The second kappa shape index (κ2) is 5.74. The van der Waals surface area contributed by atoms with Gasteiger partial charge in [-0.15, -0.1) is 0 Å². The first kappa shape index (κ1) is 14.7. The molecule has 2 aromatic rings. The van der Waals surface area contributed by atoms with Gasteiger partial charge in [0, 0.05) is 9.79 Å². The van der Waals surface area contributed by atoms with Gasteiger partial charge in [-0.25, -0.2) is 4.39 Å². The summed E-state index contributed by atoms with van der Waals surface area (Å²) in [5.74, 6) is -0.200. The maximum atomic E-state index is 13.5. The van der Waals surface area contributed by atoms with Gasteiger partial charge in [0.25, 0.3) is 0 Å². The minimum Gasteiger partial charge on any atom is -0.418 e. The molecule has 1 heterocycles. The molecule has 0 unspecified atom stereocenters. The van der Waals surface area contributed by atoms with E-state index in [4.69, 9.17) is 0 Å². The molecule has 20 heavy (non-hydrogen) atoms. The molecule has 1 aliphatic heterocycles. The van der Waals surface area contributed by atoms with Crippen LogP contribution in [0.3, 0.4) is 0 Å². The first-order valence-electron chi connectivity index (χ1n) is 5.54. The number of fused-ring (bicyclic) bond motifs is 2. The highest BCUT2D eigenvalue weighted by Gasteiger charge is 2.20. The lowest BCUT2D eigenvalue weighted by Crippen LogP contribution is -2.02. The van der Waals surface area contributed by atoms with Crippen molar-refractivity contribution in [1.82, 2.24) is 0 Å². The molecule has 3 rings (SSSR count). The number of benzene rings is 2.